The molecule has 6 heteroatoms. The number of rotatable bonds is 4. The van der Waals surface area contributed by atoms with Crippen molar-refractivity contribution < 1.29 is 4.79 Å². The Morgan fingerprint density at radius 1 is 1.25 bits per heavy atom. The number of carbonyl (C=O) groups excluding carboxylic acids is 1. The summed E-state index contributed by atoms with van der Waals surface area (Å²) in [4.78, 5) is 26.5. The number of carbonyl (C=O) groups is 1. The maximum atomic E-state index is 12.6. The number of pyridine rings is 1. The van der Waals surface area contributed by atoms with E-state index in [4.69, 9.17) is 17.3 Å². The Morgan fingerprint density at radius 2 is 2.04 bits per heavy atom. The number of aromatic nitrogens is 1. The highest BCUT2D eigenvalue weighted by Gasteiger charge is 2.26. The number of likely N-dealkylation sites (tertiary alicyclic amines) is 1. The van der Waals surface area contributed by atoms with Crippen molar-refractivity contribution in [1.29, 1.82) is 0 Å². The van der Waals surface area contributed by atoms with Crippen molar-refractivity contribution in [2.75, 3.05) is 19.6 Å². The summed E-state index contributed by atoms with van der Waals surface area (Å²) in [6.45, 7) is 2.32. The van der Waals surface area contributed by atoms with Crippen LogP contribution in [0.3, 0.4) is 0 Å². The lowest BCUT2D eigenvalue weighted by Gasteiger charge is -2.17. The Labute approximate surface area is 145 Å². The first-order valence-corrected chi connectivity index (χ1v) is 8.39. The van der Waals surface area contributed by atoms with Gasteiger partial charge in [0.15, 0.2) is 0 Å². The molecule has 0 aliphatic carbocycles. The second kappa shape index (κ2) is 7.20. The van der Waals surface area contributed by atoms with Gasteiger partial charge in [0.2, 0.25) is 0 Å². The highest BCUT2D eigenvalue weighted by atomic mass is 35.5. The van der Waals surface area contributed by atoms with Crippen LogP contribution in [-0.4, -0.2) is 35.0 Å². The van der Waals surface area contributed by atoms with Crippen LogP contribution in [0.15, 0.2) is 47.4 Å². The molecule has 1 aromatic heterocycles. The zero-order valence-electron chi connectivity index (χ0n) is 13.3. The molecule has 1 atom stereocenters. The molecule has 3 rings (SSSR count). The van der Waals surface area contributed by atoms with Crippen LogP contribution in [-0.2, 0) is 6.54 Å². The number of nitrogens with zero attached hydrogens (tertiary/aromatic N) is 2. The molecule has 2 N–H and O–H groups in total. The van der Waals surface area contributed by atoms with Crippen LogP contribution in [0.4, 0.5) is 0 Å². The van der Waals surface area contributed by atoms with Crippen molar-refractivity contribution >= 4 is 17.5 Å². The minimum absolute atomic E-state index is 0.0566. The van der Waals surface area contributed by atoms with Gasteiger partial charge in [-0.1, -0.05) is 29.8 Å². The number of nitrogens with two attached hydrogens (primary N) is 1. The minimum atomic E-state index is -0.160. The normalized spacial score (nSPS) is 17.2. The average Bonchev–Trinajstić information content (AvgIpc) is 3.07. The van der Waals surface area contributed by atoms with Gasteiger partial charge in [0.25, 0.3) is 11.5 Å². The molecule has 0 radical (unpaired) electrons. The van der Waals surface area contributed by atoms with Crippen LogP contribution in [0.2, 0.25) is 5.02 Å². The van der Waals surface area contributed by atoms with Gasteiger partial charge in [0.1, 0.15) is 0 Å². The first-order valence-electron chi connectivity index (χ1n) is 8.01. The van der Waals surface area contributed by atoms with Crippen molar-refractivity contribution in [2.45, 2.75) is 13.0 Å². The van der Waals surface area contributed by atoms with Crippen molar-refractivity contribution in [3.05, 3.63) is 69.1 Å². The molecule has 1 unspecified atom stereocenters. The fourth-order valence-electron chi connectivity index (χ4n) is 2.98. The molecule has 1 aliphatic rings. The van der Waals surface area contributed by atoms with Crippen molar-refractivity contribution in [1.82, 2.24) is 9.47 Å². The molecular formula is C18H20ClN3O2. The number of amides is 1. The van der Waals surface area contributed by atoms with E-state index in [1.807, 2.05) is 18.2 Å². The summed E-state index contributed by atoms with van der Waals surface area (Å²) in [5.74, 6) is 0.307. The SMILES string of the molecule is NCC1CCN(C(=O)c2ccc(=O)n(Cc3ccccc3Cl)c2)C1. The van der Waals surface area contributed by atoms with E-state index in [1.54, 1.807) is 23.2 Å². The van der Waals surface area contributed by atoms with E-state index >= 15 is 0 Å². The first-order chi connectivity index (χ1) is 11.6. The van der Waals surface area contributed by atoms with E-state index in [-0.39, 0.29) is 11.5 Å². The lowest BCUT2D eigenvalue weighted by Crippen LogP contribution is -2.31. The first kappa shape index (κ1) is 16.7. The number of hydrogen-bond donors (Lipinski definition) is 1. The van der Waals surface area contributed by atoms with Gasteiger partial charge in [-0.15, -0.1) is 0 Å². The van der Waals surface area contributed by atoms with Crippen LogP contribution < -0.4 is 11.3 Å². The smallest absolute Gasteiger partial charge is 0.255 e. The maximum absolute atomic E-state index is 12.6. The third-order valence-corrected chi connectivity index (χ3v) is 4.80. The summed E-state index contributed by atoms with van der Waals surface area (Å²) in [6, 6.07) is 10.4. The quantitative estimate of drug-likeness (QED) is 0.921. The minimum Gasteiger partial charge on any atom is -0.338 e. The van der Waals surface area contributed by atoms with Crippen molar-refractivity contribution in [3.63, 3.8) is 0 Å². The van der Waals surface area contributed by atoms with Gasteiger partial charge >= 0.3 is 0 Å². The topological polar surface area (TPSA) is 68.3 Å². The fourth-order valence-corrected chi connectivity index (χ4v) is 3.18. The van der Waals surface area contributed by atoms with Crippen molar-refractivity contribution in [3.8, 4) is 0 Å². The fraction of sp³-hybridized carbons (Fsp3) is 0.333. The molecule has 1 amide bonds. The number of halogens is 1. The van der Waals surface area contributed by atoms with Gasteiger partial charge < -0.3 is 15.2 Å². The van der Waals surface area contributed by atoms with E-state index in [0.29, 0.717) is 42.7 Å². The zero-order chi connectivity index (χ0) is 17.1. The summed E-state index contributed by atoms with van der Waals surface area (Å²) < 4.78 is 1.52. The number of benzene rings is 1. The second-order valence-electron chi connectivity index (χ2n) is 6.12. The predicted octanol–water partition coefficient (Wildman–Crippen LogP) is 1.97. The van der Waals surface area contributed by atoms with Crippen LogP contribution in [0.5, 0.6) is 0 Å². The lowest BCUT2D eigenvalue weighted by molar-refractivity contribution is 0.0786. The standard InChI is InChI=1S/C18H20ClN3O2/c19-16-4-2-1-3-14(16)11-22-12-15(5-6-17(22)23)18(24)21-8-7-13(9-20)10-21/h1-6,12-13H,7-11,20H2. The van der Waals surface area contributed by atoms with Crippen LogP contribution in [0.25, 0.3) is 0 Å². The highest BCUT2D eigenvalue weighted by Crippen LogP contribution is 2.18. The third kappa shape index (κ3) is 3.52. The molecule has 126 valence electrons. The van der Waals surface area contributed by atoms with Crippen molar-refractivity contribution in [2.24, 2.45) is 11.7 Å². The molecule has 5 nitrogen and oxygen atoms in total. The van der Waals surface area contributed by atoms with Gasteiger partial charge in [-0.3, -0.25) is 9.59 Å². The van der Waals surface area contributed by atoms with Gasteiger partial charge in [-0.05, 0) is 36.6 Å². The van der Waals surface area contributed by atoms with Gasteiger partial charge in [-0.25, -0.2) is 0 Å². The summed E-state index contributed by atoms with van der Waals surface area (Å²) >= 11 is 6.16. The van der Waals surface area contributed by atoms with Gasteiger partial charge in [0.05, 0.1) is 12.1 Å². The summed E-state index contributed by atoms with van der Waals surface area (Å²) in [5.41, 5.74) is 6.88. The van der Waals surface area contributed by atoms with Crippen LogP contribution in [0, 0.1) is 5.92 Å². The van der Waals surface area contributed by atoms with Gasteiger partial charge in [0, 0.05) is 30.4 Å². The largest absolute Gasteiger partial charge is 0.338 e. The molecule has 1 saturated heterocycles. The highest BCUT2D eigenvalue weighted by molar-refractivity contribution is 6.31. The van der Waals surface area contributed by atoms with E-state index in [1.165, 1.54) is 10.6 Å². The van der Waals surface area contributed by atoms with E-state index in [2.05, 4.69) is 0 Å². The summed E-state index contributed by atoms with van der Waals surface area (Å²) in [5, 5.41) is 0.603. The van der Waals surface area contributed by atoms with E-state index < -0.39 is 0 Å². The zero-order valence-corrected chi connectivity index (χ0v) is 14.1. The Balaban J connectivity index is 1.83. The molecule has 1 fully saturated rings. The molecule has 2 heterocycles. The molecule has 24 heavy (non-hydrogen) atoms. The van der Waals surface area contributed by atoms with E-state index in [0.717, 1.165) is 12.0 Å². The molecule has 0 bridgehead atoms. The average molecular weight is 346 g/mol. The second-order valence-corrected chi connectivity index (χ2v) is 6.52. The Morgan fingerprint density at radius 3 is 2.75 bits per heavy atom. The Kier molecular flexibility index (Phi) is 5.02. The molecule has 1 aliphatic heterocycles. The maximum Gasteiger partial charge on any atom is 0.255 e. The predicted molar refractivity (Wildman–Crippen MR) is 94.3 cm³/mol. The Bertz CT molecular complexity index is 803. The van der Waals surface area contributed by atoms with Crippen LogP contribution >= 0.6 is 11.6 Å². The molecular weight excluding hydrogens is 326 g/mol. The van der Waals surface area contributed by atoms with Crippen LogP contribution in [0.1, 0.15) is 22.3 Å². The number of hydrogen-bond acceptors (Lipinski definition) is 3. The monoisotopic (exact) mass is 345 g/mol. The Hall–Kier alpha value is -2.11. The molecule has 0 spiro atoms. The molecule has 2 aromatic rings. The molecule has 1 aromatic carbocycles. The lowest BCUT2D eigenvalue weighted by atomic mass is 10.1. The molecule has 0 saturated carbocycles. The van der Waals surface area contributed by atoms with Gasteiger partial charge in [-0.2, -0.15) is 0 Å². The summed E-state index contributed by atoms with van der Waals surface area (Å²) in [7, 11) is 0. The third-order valence-electron chi connectivity index (χ3n) is 4.44. The summed E-state index contributed by atoms with van der Waals surface area (Å²) in [6.07, 6.45) is 2.55. The van der Waals surface area contributed by atoms with E-state index in [9.17, 15) is 9.59 Å².